The summed E-state index contributed by atoms with van der Waals surface area (Å²) in [5.74, 6) is -1.25. The molecule has 1 amide bonds. The van der Waals surface area contributed by atoms with E-state index in [1.165, 1.54) is 7.11 Å². The van der Waals surface area contributed by atoms with Crippen molar-refractivity contribution < 1.29 is 19.4 Å². The average Bonchev–Trinajstić information content (AvgIpc) is 2.30. The van der Waals surface area contributed by atoms with Crippen LogP contribution >= 0.6 is 0 Å². The molecule has 0 bridgehead atoms. The van der Waals surface area contributed by atoms with Crippen molar-refractivity contribution in [2.75, 3.05) is 46.4 Å². The predicted molar refractivity (Wildman–Crippen MR) is 60.8 cm³/mol. The van der Waals surface area contributed by atoms with Crippen LogP contribution in [0.2, 0.25) is 0 Å². The van der Waals surface area contributed by atoms with Crippen LogP contribution in [-0.2, 0) is 14.3 Å². The highest BCUT2D eigenvalue weighted by atomic mass is 16.5. The van der Waals surface area contributed by atoms with Gasteiger partial charge in [-0.3, -0.25) is 9.69 Å². The standard InChI is InChI=1S/C10H19N3O4/c1-17-8(10(15)16)6-12-9(14)7-13-4-2-11-3-5-13/h8,11H,2-7H2,1H3,(H,12,14)(H,15,16). The van der Waals surface area contributed by atoms with Crippen LogP contribution in [0.1, 0.15) is 0 Å². The number of amides is 1. The molecule has 1 atom stereocenters. The Morgan fingerprint density at radius 2 is 2.12 bits per heavy atom. The first kappa shape index (κ1) is 13.9. The highest BCUT2D eigenvalue weighted by Gasteiger charge is 2.18. The summed E-state index contributed by atoms with van der Waals surface area (Å²) in [7, 11) is 1.31. The highest BCUT2D eigenvalue weighted by molar-refractivity contribution is 5.79. The van der Waals surface area contributed by atoms with E-state index < -0.39 is 12.1 Å². The van der Waals surface area contributed by atoms with Gasteiger partial charge in [-0.2, -0.15) is 0 Å². The number of carbonyl (C=O) groups is 2. The van der Waals surface area contributed by atoms with Crippen LogP contribution in [0.25, 0.3) is 0 Å². The average molecular weight is 245 g/mol. The zero-order valence-corrected chi connectivity index (χ0v) is 9.94. The molecule has 0 radical (unpaired) electrons. The molecular weight excluding hydrogens is 226 g/mol. The Balaban J connectivity index is 2.21. The van der Waals surface area contributed by atoms with Crippen molar-refractivity contribution in [2.45, 2.75) is 6.10 Å². The van der Waals surface area contributed by atoms with Crippen LogP contribution in [0, 0.1) is 0 Å². The second kappa shape index (κ2) is 7.21. The van der Waals surface area contributed by atoms with E-state index in [4.69, 9.17) is 9.84 Å². The second-order valence-electron chi connectivity index (χ2n) is 3.89. The smallest absolute Gasteiger partial charge is 0.334 e. The molecule has 0 spiro atoms. The minimum atomic E-state index is -1.07. The van der Waals surface area contributed by atoms with Crippen molar-refractivity contribution in [2.24, 2.45) is 0 Å². The summed E-state index contributed by atoms with van der Waals surface area (Å²) in [6.45, 7) is 3.72. The summed E-state index contributed by atoms with van der Waals surface area (Å²) in [5, 5.41) is 14.5. The summed E-state index contributed by atoms with van der Waals surface area (Å²) in [6.07, 6.45) is -0.984. The number of aliphatic carboxylic acids is 1. The zero-order chi connectivity index (χ0) is 12.7. The number of nitrogens with zero attached hydrogens (tertiary/aromatic N) is 1. The Labute approximate surface area is 100 Å². The Hall–Kier alpha value is -1.18. The zero-order valence-electron chi connectivity index (χ0n) is 9.94. The van der Waals surface area contributed by atoms with Crippen LogP contribution in [0.5, 0.6) is 0 Å². The molecule has 1 saturated heterocycles. The fourth-order valence-electron chi connectivity index (χ4n) is 1.61. The Morgan fingerprint density at radius 3 is 2.65 bits per heavy atom. The Kier molecular flexibility index (Phi) is 5.88. The van der Waals surface area contributed by atoms with E-state index in [-0.39, 0.29) is 12.5 Å². The number of carboxylic acid groups (broad SMARTS) is 1. The van der Waals surface area contributed by atoms with Gasteiger partial charge in [0.05, 0.1) is 13.1 Å². The van der Waals surface area contributed by atoms with Crippen molar-refractivity contribution in [3.05, 3.63) is 0 Å². The van der Waals surface area contributed by atoms with Crippen LogP contribution in [0.3, 0.4) is 0 Å². The molecule has 98 valence electrons. The first-order valence-corrected chi connectivity index (χ1v) is 5.59. The van der Waals surface area contributed by atoms with E-state index in [2.05, 4.69) is 10.6 Å². The summed E-state index contributed by atoms with van der Waals surface area (Å²) in [5.41, 5.74) is 0. The van der Waals surface area contributed by atoms with E-state index in [1.54, 1.807) is 0 Å². The third-order valence-electron chi connectivity index (χ3n) is 2.62. The summed E-state index contributed by atoms with van der Waals surface area (Å²) < 4.78 is 4.71. The molecular formula is C10H19N3O4. The van der Waals surface area contributed by atoms with Gasteiger partial charge in [0.25, 0.3) is 0 Å². The van der Waals surface area contributed by atoms with Gasteiger partial charge in [0.1, 0.15) is 0 Å². The molecule has 7 nitrogen and oxygen atoms in total. The molecule has 7 heteroatoms. The van der Waals surface area contributed by atoms with Gasteiger partial charge in [-0.05, 0) is 0 Å². The molecule has 1 fully saturated rings. The van der Waals surface area contributed by atoms with Gasteiger partial charge in [-0.25, -0.2) is 4.79 Å². The first-order valence-electron chi connectivity index (χ1n) is 5.59. The van der Waals surface area contributed by atoms with Gasteiger partial charge in [-0.1, -0.05) is 0 Å². The summed E-state index contributed by atoms with van der Waals surface area (Å²) in [6, 6.07) is 0. The minimum absolute atomic E-state index is 0.00322. The van der Waals surface area contributed by atoms with Gasteiger partial charge in [0.15, 0.2) is 6.10 Å². The predicted octanol–water partition coefficient (Wildman–Crippen LogP) is -1.89. The molecule has 1 rings (SSSR count). The van der Waals surface area contributed by atoms with Gasteiger partial charge in [-0.15, -0.1) is 0 Å². The number of rotatable bonds is 6. The van der Waals surface area contributed by atoms with Crippen LogP contribution < -0.4 is 10.6 Å². The molecule has 0 aromatic rings. The molecule has 3 N–H and O–H groups in total. The van der Waals surface area contributed by atoms with E-state index in [0.29, 0.717) is 6.54 Å². The third-order valence-corrected chi connectivity index (χ3v) is 2.62. The number of nitrogens with one attached hydrogen (secondary N) is 2. The van der Waals surface area contributed by atoms with E-state index in [0.717, 1.165) is 26.2 Å². The highest BCUT2D eigenvalue weighted by Crippen LogP contribution is 1.92. The Morgan fingerprint density at radius 1 is 1.47 bits per heavy atom. The summed E-state index contributed by atoms with van der Waals surface area (Å²) in [4.78, 5) is 24.2. The fraction of sp³-hybridized carbons (Fsp3) is 0.800. The third kappa shape index (κ3) is 5.12. The van der Waals surface area contributed by atoms with Crippen LogP contribution in [-0.4, -0.2) is 74.4 Å². The maximum absolute atomic E-state index is 11.5. The molecule has 1 aliphatic rings. The van der Waals surface area contributed by atoms with Crippen molar-refractivity contribution in [1.29, 1.82) is 0 Å². The lowest BCUT2D eigenvalue weighted by Crippen LogP contribution is -2.48. The molecule has 0 aromatic carbocycles. The van der Waals surface area contributed by atoms with E-state index >= 15 is 0 Å². The van der Waals surface area contributed by atoms with Gasteiger partial charge in [0.2, 0.25) is 5.91 Å². The van der Waals surface area contributed by atoms with Crippen molar-refractivity contribution in [3.63, 3.8) is 0 Å². The number of hydrogen-bond acceptors (Lipinski definition) is 5. The first-order chi connectivity index (χ1) is 8.13. The normalized spacial score (nSPS) is 18.6. The number of methoxy groups -OCH3 is 1. The van der Waals surface area contributed by atoms with Crippen LogP contribution in [0.15, 0.2) is 0 Å². The minimum Gasteiger partial charge on any atom is -0.479 e. The van der Waals surface area contributed by atoms with E-state index in [1.807, 2.05) is 4.90 Å². The van der Waals surface area contributed by atoms with Crippen molar-refractivity contribution in [1.82, 2.24) is 15.5 Å². The lowest BCUT2D eigenvalue weighted by atomic mass is 10.3. The molecule has 1 aliphatic heterocycles. The molecule has 0 aromatic heterocycles. The molecule has 1 heterocycles. The topological polar surface area (TPSA) is 90.9 Å². The SMILES string of the molecule is COC(CNC(=O)CN1CCNCC1)C(=O)O. The monoisotopic (exact) mass is 245 g/mol. The largest absolute Gasteiger partial charge is 0.479 e. The number of carboxylic acids is 1. The van der Waals surface area contributed by atoms with Crippen LogP contribution in [0.4, 0.5) is 0 Å². The quantitative estimate of drug-likeness (QED) is 0.507. The summed E-state index contributed by atoms with van der Waals surface area (Å²) >= 11 is 0. The Bertz CT molecular complexity index is 266. The maximum Gasteiger partial charge on any atom is 0.334 e. The lowest BCUT2D eigenvalue weighted by Gasteiger charge is -2.26. The number of ether oxygens (including phenoxy) is 1. The molecule has 1 unspecified atom stereocenters. The number of piperazine rings is 1. The molecule has 0 saturated carbocycles. The van der Waals surface area contributed by atoms with Gasteiger partial charge >= 0.3 is 5.97 Å². The number of carbonyl (C=O) groups excluding carboxylic acids is 1. The van der Waals surface area contributed by atoms with Crippen molar-refractivity contribution >= 4 is 11.9 Å². The molecule has 17 heavy (non-hydrogen) atoms. The fourth-order valence-corrected chi connectivity index (χ4v) is 1.61. The van der Waals surface area contributed by atoms with E-state index in [9.17, 15) is 9.59 Å². The lowest BCUT2D eigenvalue weighted by molar-refractivity contribution is -0.148. The van der Waals surface area contributed by atoms with Crippen molar-refractivity contribution in [3.8, 4) is 0 Å². The second-order valence-corrected chi connectivity index (χ2v) is 3.89. The van der Waals surface area contributed by atoms with Gasteiger partial charge < -0.3 is 20.5 Å². The molecule has 0 aliphatic carbocycles. The van der Waals surface area contributed by atoms with Gasteiger partial charge in [0, 0.05) is 33.3 Å². The number of hydrogen-bond donors (Lipinski definition) is 3. The maximum atomic E-state index is 11.5.